The van der Waals surface area contributed by atoms with E-state index in [1.165, 1.54) is 0 Å². The molecule has 0 aliphatic heterocycles. The normalized spacial score (nSPS) is 9.77. The van der Waals surface area contributed by atoms with E-state index in [4.69, 9.17) is 9.47 Å². The number of methoxy groups -OCH3 is 2. The molecule has 3 nitrogen and oxygen atoms in total. The van der Waals surface area contributed by atoms with Gasteiger partial charge in [-0.25, -0.2) is 4.98 Å². The maximum absolute atomic E-state index is 5.12. The van der Waals surface area contributed by atoms with E-state index in [0.717, 1.165) is 24.3 Å². The summed E-state index contributed by atoms with van der Waals surface area (Å²) in [5, 5.41) is 0. The van der Waals surface area contributed by atoms with Crippen molar-refractivity contribution in [3.05, 3.63) is 17.8 Å². The lowest BCUT2D eigenvalue weighted by Gasteiger charge is -2.06. The number of nitrogens with zero attached hydrogens (tertiary/aromatic N) is 1. The minimum Gasteiger partial charge on any atom is -0.496 e. The van der Waals surface area contributed by atoms with Crippen molar-refractivity contribution in [2.75, 3.05) is 14.2 Å². The Kier molecular flexibility index (Phi) is 3.55. The SMILES string of the molecule is CCCc1cc(OC)cc(OC)n1. The van der Waals surface area contributed by atoms with Crippen LogP contribution in [0.1, 0.15) is 19.0 Å². The Morgan fingerprint density at radius 3 is 2.54 bits per heavy atom. The number of hydrogen-bond acceptors (Lipinski definition) is 3. The minimum absolute atomic E-state index is 0.614. The van der Waals surface area contributed by atoms with Crippen LogP contribution in [-0.4, -0.2) is 19.2 Å². The fourth-order valence-corrected chi connectivity index (χ4v) is 1.14. The molecular weight excluding hydrogens is 166 g/mol. The van der Waals surface area contributed by atoms with Crippen LogP contribution in [0.15, 0.2) is 12.1 Å². The average molecular weight is 181 g/mol. The molecule has 3 heteroatoms. The minimum atomic E-state index is 0.614. The third-order valence-corrected chi connectivity index (χ3v) is 1.78. The second kappa shape index (κ2) is 4.70. The highest BCUT2D eigenvalue weighted by atomic mass is 16.5. The molecule has 0 saturated carbocycles. The number of pyridine rings is 1. The summed E-state index contributed by atoms with van der Waals surface area (Å²) in [6.45, 7) is 2.12. The first kappa shape index (κ1) is 9.84. The zero-order valence-electron chi connectivity index (χ0n) is 8.33. The highest BCUT2D eigenvalue weighted by Crippen LogP contribution is 2.19. The summed E-state index contributed by atoms with van der Waals surface area (Å²) < 4.78 is 10.2. The van der Waals surface area contributed by atoms with Crippen LogP contribution in [0.3, 0.4) is 0 Å². The second-order valence-corrected chi connectivity index (χ2v) is 2.79. The molecule has 0 atom stereocenters. The lowest BCUT2D eigenvalue weighted by Crippen LogP contribution is -1.95. The Bertz CT molecular complexity index is 251. The molecule has 0 amide bonds. The van der Waals surface area contributed by atoms with Crippen LogP contribution >= 0.6 is 0 Å². The smallest absolute Gasteiger partial charge is 0.216 e. The zero-order chi connectivity index (χ0) is 9.68. The molecule has 1 aromatic heterocycles. The monoisotopic (exact) mass is 181 g/mol. The van der Waals surface area contributed by atoms with Gasteiger partial charge in [-0.1, -0.05) is 13.3 Å². The molecule has 0 fully saturated rings. The van der Waals surface area contributed by atoms with Crippen LogP contribution < -0.4 is 9.47 Å². The second-order valence-electron chi connectivity index (χ2n) is 2.79. The van der Waals surface area contributed by atoms with Crippen LogP contribution in [0.2, 0.25) is 0 Å². The van der Waals surface area contributed by atoms with E-state index in [1.807, 2.05) is 6.07 Å². The van der Waals surface area contributed by atoms with E-state index in [-0.39, 0.29) is 0 Å². The first-order valence-corrected chi connectivity index (χ1v) is 4.39. The predicted octanol–water partition coefficient (Wildman–Crippen LogP) is 2.05. The van der Waals surface area contributed by atoms with Crippen LogP contribution in [0.25, 0.3) is 0 Å². The molecule has 0 aliphatic rings. The molecule has 1 aromatic rings. The van der Waals surface area contributed by atoms with Gasteiger partial charge in [-0.2, -0.15) is 0 Å². The van der Waals surface area contributed by atoms with Gasteiger partial charge in [0.1, 0.15) is 5.75 Å². The molecule has 0 aromatic carbocycles. The topological polar surface area (TPSA) is 31.4 Å². The molecule has 0 saturated heterocycles. The molecule has 0 aliphatic carbocycles. The van der Waals surface area contributed by atoms with Crippen molar-refractivity contribution in [1.29, 1.82) is 0 Å². The largest absolute Gasteiger partial charge is 0.496 e. The summed E-state index contributed by atoms with van der Waals surface area (Å²) in [7, 11) is 3.25. The van der Waals surface area contributed by atoms with Gasteiger partial charge in [0.05, 0.1) is 14.2 Å². The van der Waals surface area contributed by atoms with Gasteiger partial charge >= 0.3 is 0 Å². The van der Waals surface area contributed by atoms with Crippen molar-refractivity contribution in [2.24, 2.45) is 0 Å². The van der Waals surface area contributed by atoms with Gasteiger partial charge in [0, 0.05) is 17.8 Å². The lowest BCUT2D eigenvalue weighted by atomic mass is 10.2. The summed E-state index contributed by atoms with van der Waals surface area (Å²) in [6, 6.07) is 3.71. The maximum atomic E-state index is 5.12. The zero-order valence-corrected chi connectivity index (χ0v) is 8.33. The third-order valence-electron chi connectivity index (χ3n) is 1.78. The van der Waals surface area contributed by atoms with Crippen molar-refractivity contribution in [3.63, 3.8) is 0 Å². The first-order valence-electron chi connectivity index (χ1n) is 4.39. The first-order chi connectivity index (χ1) is 6.30. The molecule has 0 N–H and O–H groups in total. The van der Waals surface area contributed by atoms with Gasteiger partial charge < -0.3 is 9.47 Å². The van der Waals surface area contributed by atoms with Gasteiger partial charge in [0.15, 0.2) is 0 Å². The van der Waals surface area contributed by atoms with Gasteiger partial charge in [-0.15, -0.1) is 0 Å². The fourth-order valence-electron chi connectivity index (χ4n) is 1.14. The van der Waals surface area contributed by atoms with Gasteiger partial charge in [0.2, 0.25) is 5.88 Å². The molecule has 0 bridgehead atoms. The number of ether oxygens (including phenoxy) is 2. The summed E-state index contributed by atoms with van der Waals surface area (Å²) in [4.78, 5) is 4.29. The Labute approximate surface area is 78.7 Å². The Morgan fingerprint density at radius 2 is 2.00 bits per heavy atom. The predicted molar refractivity (Wildman–Crippen MR) is 51.3 cm³/mol. The molecule has 0 spiro atoms. The fraction of sp³-hybridized carbons (Fsp3) is 0.500. The van der Waals surface area contributed by atoms with Crippen LogP contribution in [0, 0.1) is 0 Å². The number of rotatable bonds is 4. The van der Waals surface area contributed by atoms with Gasteiger partial charge in [-0.05, 0) is 6.42 Å². The van der Waals surface area contributed by atoms with Crippen LogP contribution in [-0.2, 0) is 6.42 Å². The third kappa shape index (κ3) is 2.61. The van der Waals surface area contributed by atoms with E-state index >= 15 is 0 Å². The Morgan fingerprint density at radius 1 is 1.23 bits per heavy atom. The Balaban J connectivity index is 2.93. The average Bonchev–Trinajstić information content (AvgIpc) is 2.17. The quantitative estimate of drug-likeness (QED) is 0.712. The van der Waals surface area contributed by atoms with Crippen molar-refractivity contribution >= 4 is 0 Å². The lowest BCUT2D eigenvalue weighted by molar-refractivity contribution is 0.380. The van der Waals surface area contributed by atoms with Gasteiger partial charge in [-0.3, -0.25) is 0 Å². The number of hydrogen-bond donors (Lipinski definition) is 0. The highest BCUT2D eigenvalue weighted by Gasteiger charge is 2.01. The molecule has 1 rings (SSSR count). The molecule has 13 heavy (non-hydrogen) atoms. The Hall–Kier alpha value is -1.25. The molecule has 0 radical (unpaired) electrons. The van der Waals surface area contributed by atoms with Crippen LogP contribution in [0.5, 0.6) is 11.6 Å². The van der Waals surface area contributed by atoms with Crippen molar-refractivity contribution in [1.82, 2.24) is 4.98 Å². The number of aryl methyl sites for hydroxylation is 1. The summed E-state index contributed by atoms with van der Waals surface area (Å²) in [5.41, 5.74) is 1.01. The van der Waals surface area contributed by atoms with E-state index in [0.29, 0.717) is 5.88 Å². The van der Waals surface area contributed by atoms with Crippen molar-refractivity contribution in [2.45, 2.75) is 19.8 Å². The molecule has 1 heterocycles. The molecule has 72 valence electrons. The highest BCUT2D eigenvalue weighted by molar-refractivity contribution is 5.30. The van der Waals surface area contributed by atoms with E-state index in [2.05, 4.69) is 11.9 Å². The standard InChI is InChI=1S/C10H15NO2/c1-4-5-8-6-9(12-2)7-10(11-8)13-3/h6-7H,4-5H2,1-3H3. The van der Waals surface area contributed by atoms with Crippen molar-refractivity contribution in [3.8, 4) is 11.6 Å². The maximum Gasteiger partial charge on any atom is 0.216 e. The molecular formula is C10H15NO2. The summed E-state index contributed by atoms with van der Waals surface area (Å²) in [5.74, 6) is 1.41. The van der Waals surface area contributed by atoms with Crippen LogP contribution in [0.4, 0.5) is 0 Å². The van der Waals surface area contributed by atoms with Gasteiger partial charge in [0.25, 0.3) is 0 Å². The van der Waals surface area contributed by atoms with E-state index in [1.54, 1.807) is 20.3 Å². The summed E-state index contributed by atoms with van der Waals surface area (Å²) in [6.07, 6.45) is 2.02. The number of aromatic nitrogens is 1. The van der Waals surface area contributed by atoms with Crippen molar-refractivity contribution < 1.29 is 9.47 Å². The summed E-state index contributed by atoms with van der Waals surface area (Å²) >= 11 is 0. The molecule has 0 unspecified atom stereocenters. The van der Waals surface area contributed by atoms with E-state index < -0.39 is 0 Å². The van der Waals surface area contributed by atoms with E-state index in [9.17, 15) is 0 Å².